The second-order valence-corrected chi connectivity index (χ2v) is 6.51. The summed E-state index contributed by atoms with van der Waals surface area (Å²) in [6.45, 7) is 5.19. The van der Waals surface area contributed by atoms with Crippen LogP contribution in [0.1, 0.15) is 19.8 Å². The number of rotatable bonds is 6. The van der Waals surface area contributed by atoms with Crippen LogP contribution in [0, 0.1) is 0 Å². The van der Waals surface area contributed by atoms with Gasteiger partial charge in [-0.1, -0.05) is 11.8 Å². The molecule has 8 nitrogen and oxygen atoms in total. The van der Waals surface area contributed by atoms with Crippen LogP contribution >= 0.6 is 11.8 Å². The quantitative estimate of drug-likeness (QED) is 0.574. The third kappa shape index (κ3) is 5.30. The third-order valence-electron chi connectivity index (χ3n) is 3.34. The van der Waals surface area contributed by atoms with Crippen LogP contribution in [-0.4, -0.2) is 60.2 Å². The fraction of sp³-hybridized carbons (Fsp3) is 0.692. The van der Waals surface area contributed by atoms with Crippen molar-refractivity contribution < 1.29 is 18.9 Å². The van der Waals surface area contributed by atoms with Gasteiger partial charge in [0.05, 0.1) is 17.9 Å². The van der Waals surface area contributed by atoms with Crippen molar-refractivity contribution in [1.82, 2.24) is 10.2 Å². The lowest BCUT2D eigenvalue weighted by atomic mass is 10.3. The number of aromatic nitrogens is 2. The van der Waals surface area contributed by atoms with Crippen LogP contribution in [0.3, 0.4) is 0 Å². The molecule has 0 spiro atoms. The van der Waals surface area contributed by atoms with Crippen molar-refractivity contribution >= 4 is 28.7 Å². The van der Waals surface area contributed by atoms with Crippen molar-refractivity contribution in [2.24, 2.45) is 0 Å². The van der Waals surface area contributed by atoms with Crippen molar-refractivity contribution in [2.45, 2.75) is 19.8 Å². The van der Waals surface area contributed by atoms with E-state index >= 15 is 0 Å². The normalized spacial score (nSPS) is 15.8. The SMILES string of the molecule is CC(=O)SCCCC(=O)Nc1c[n+](N2CCN(C)CC2)no1. The van der Waals surface area contributed by atoms with Crippen LogP contribution in [0.2, 0.25) is 0 Å². The first kappa shape index (κ1) is 16.8. The van der Waals surface area contributed by atoms with Gasteiger partial charge >= 0.3 is 5.88 Å². The fourth-order valence-electron chi connectivity index (χ4n) is 2.08. The Balaban J connectivity index is 1.74. The molecule has 2 heterocycles. The summed E-state index contributed by atoms with van der Waals surface area (Å²) in [7, 11) is 2.08. The summed E-state index contributed by atoms with van der Waals surface area (Å²) in [5.41, 5.74) is 0. The molecule has 9 heteroatoms. The van der Waals surface area contributed by atoms with E-state index in [4.69, 9.17) is 4.52 Å². The van der Waals surface area contributed by atoms with Crippen LogP contribution in [0.15, 0.2) is 10.7 Å². The zero-order valence-electron chi connectivity index (χ0n) is 12.9. The van der Waals surface area contributed by atoms with E-state index in [9.17, 15) is 9.59 Å². The lowest BCUT2D eigenvalue weighted by Crippen LogP contribution is -2.64. The molecule has 0 atom stereocenters. The molecule has 1 N–H and O–H groups in total. The summed E-state index contributed by atoms with van der Waals surface area (Å²) in [6, 6.07) is 0. The second-order valence-electron chi connectivity index (χ2n) is 5.24. The van der Waals surface area contributed by atoms with Crippen molar-refractivity contribution in [3.05, 3.63) is 6.20 Å². The molecule has 0 bridgehead atoms. The summed E-state index contributed by atoms with van der Waals surface area (Å²) in [5.74, 6) is 0.856. The zero-order chi connectivity index (χ0) is 15.9. The Labute approximate surface area is 133 Å². The zero-order valence-corrected chi connectivity index (χ0v) is 13.8. The predicted molar refractivity (Wildman–Crippen MR) is 83.1 cm³/mol. The van der Waals surface area contributed by atoms with Crippen LogP contribution in [-0.2, 0) is 9.59 Å². The maximum Gasteiger partial charge on any atom is 0.305 e. The number of anilines is 1. The highest BCUT2D eigenvalue weighted by molar-refractivity contribution is 8.13. The van der Waals surface area contributed by atoms with Gasteiger partial charge in [0.15, 0.2) is 5.12 Å². The highest BCUT2D eigenvalue weighted by atomic mass is 32.2. The molecule has 1 aliphatic heterocycles. The number of hydrogen-bond donors (Lipinski definition) is 1. The number of nitrogens with zero attached hydrogens (tertiary/aromatic N) is 4. The standard InChI is InChI=1S/C13H21N5O3S/c1-11(19)22-9-3-4-12(20)14-13-10-18(15-21-13)17-7-5-16(2)6-8-17/h10H,3-9H2,1-2H3/p+1. The number of hydrogen-bond acceptors (Lipinski definition) is 7. The number of amides is 1. The summed E-state index contributed by atoms with van der Waals surface area (Å²) >= 11 is 1.23. The minimum atomic E-state index is -0.133. The first-order chi connectivity index (χ1) is 10.5. The Bertz CT molecular complexity index is 514. The molecule has 1 saturated heterocycles. The van der Waals surface area contributed by atoms with Gasteiger partial charge in [-0.3, -0.25) is 19.4 Å². The van der Waals surface area contributed by atoms with E-state index < -0.39 is 0 Å². The van der Waals surface area contributed by atoms with Gasteiger partial charge in [0.25, 0.3) is 6.20 Å². The van der Waals surface area contributed by atoms with E-state index in [0.29, 0.717) is 24.5 Å². The highest BCUT2D eigenvalue weighted by Gasteiger charge is 2.24. The molecule has 1 amide bonds. The van der Waals surface area contributed by atoms with Gasteiger partial charge in [0.1, 0.15) is 0 Å². The summed E-state index contributed by atoms with van der Waals surface area (Å²) in [4.78, 5) is 26.4. The molecule has 0 radical (unpaired) electrons. The first-order valence-electron chi connectivity index (χ1n) is 7.30. The third-order valence-corrected chi connectivity index (χ3v) is 4.24. The molecule has 1 aromatic rings. The van der Waals surface area contributed by atoms with E-state index in [1.54, 1.807) is 11.0 Å². The van der Waals surface area contributed by atoms with E-state index in [0.717, 1.165) is 26.2 Å². The average Bonchev–Trinajstić information content (AvgIpc) is 2.92. The molecule has 0 unspecified atom stereocenters. The molecule has 0 aromatic carbocycles. The minimum absolute atomic E-state index is 0.0730. The van der Waals surface area contributed by atoms with Gasteiger partial charge in [-0.05, 0) is 13.5 Å². The van der Waals surface area contributed by atoms with Crippen LogP contribution in [0.5, 0.6) is 0 Å². The number of thioether (sulfide) groups is 1. The van der Waals surface area contributed by atoms with Gasteiger partial charge in [-0.25, -0.2) is 0 Å². The Kier molecular flexibility index (Phi) is 6.20. The smallest absolute Gasteiger partial charge is 0.302 e. The Hall–Kier alpha value is -1.61. The van der Waals surface area contributed by atoms with E-state index in [2.05, 4.69) is 27.5 Å². The van der Waals surface area contributed by atoms with E-state index in [1.807, 2.05) is 0 Å². The van der Waals surface area contributed by atoms with Crippen molar-refractivity contribution in [3.63, 3.8) is 0 Å². The highest BCUT2D eigenvalue weighted by Crippen LogP contribution is 2.07. The number of carbonyl (C=O) groups is 2. The topological polar surface area (TPSA) is 82.6 Å². The Morgan fingerprint density at radius 2 is 2.14 bits per heavy atom. The maximum absolute atomic E-state index is 11.8. The number of carbonyl (C=O) groups excluding carboxylic acids is 2. The molecule has 0 saturated carbocycles. The Morgan fingerprint density at radius 3 is 2.82 bits per heavy atom. The fourth-order valence-corrected chi connectivity index (χ4v) is 2.65. The molecular formula is C13H22N5O3S+. The summed E-state index contributed by atoms with van der Waals surface area (Å²) in [5, 5.41) is 8.73. The molecule has 1 aromatic heterocycles. The molecule has 22 heavy (non-hydrogen) atoms. The monoisotopic (exact) mass is 328 g/mol. The van der Waals surface area contributed by atoms with Crippen LogP contribution in [0.4, 0.5) is 5.88 Å². The maximum atomic E-state index is 11.8. The van der Waals surface area contributed by atoms with E-state index in [-0.39, 0.29) is 11.0 Å². The van der Waals surface area contributed by atoms with Gasteiger partial charge in [-0.2, -0.15) is 5.01 Å². The van der Waals surface area contributed by atoms with Gasteiger partial charge in [0, 0.05) is 32.2 Å². The first-order valence-corrected chi connectivity index (χ1v) is 8.29. The predicted octanol–water partition coefficient (Wildman–Crippen LogP) is -0.156. The summed E-state index contributed by atoms with van der Waals surface area (Å²) < 4.78 is 5.13. The molecule has 122 valence electrons. The van der Waals surface area contributed by atoms with Crippen LogP contribution < -0.4 is 15.1 Å². The summed E-state index contributed by atoms with van der Waals surface area (Å²) in [6.07, 6.45) is 2.69. The van der Waals surface area contributed by atoms with Gasteiger partial charge in [-0.15, -0.1) is 0 Å². The second kappa shape index (κ2) is 8.14. The number of piperazine rings is 1. The van der Waals surface area contributed by atoms with Crippen molar-refractivity contribution in [3.8, 4) is 0 Å². The molecular weight excluding hydrogens is 306 g/mol. The van der Waals surface area contributed by atoms with E-state index in [1.165, 1.54) is 18.7 Å². The molecule has 1 aliphatic rings. The molecule has 1 fully saturated rings. The lowest BCUT2D eigenvalue weighted by Gasteiger charge is -2.26. The van der Waals surface area contributed by atoms with Crippen molar-refractivity contribution in [1.29, 1.82) is 0 Å². The minimum Gasteiger partial charge on any atom is -0.302 e. The molecule has 0 aliphatic carbocycles. The van der Waals surface area contributed by atoms with Gasteiger partial charge in [0.2, 0.25) is 11.2 Å². The lowest BCUT2D eigenvalue weighted by molar-refractivity contribution is -0.759. The van der Waals surface area contributed by atoms with Crippen LogP contribution in [0.25, 0.3) is 0 Å². The number of nitrogens with one attached hydrogen (secondary N) is 1. The molecule has 2 rings (SSSR count). The number of likely N-dealkylation sites (N-methyl/N-ethyl adjacent to an activating group) is 1. The Morgan fingerprint density at radius 1 is 1.41 bits per heavy atom. The van der Waals surface area contributed by atoms with Gasteiger partial charge < -0.3 is 4.90 Å². The van der Waals surface area contributed by atoms with Crippen molar-refractivity contribution in [2.75, 3.05) is 49.3 Å². The largest absolute Gasteiger partial charge is 0.305 e. The average molecular weight is 328 g/mol.